The van der Waals surface area contributed by atoms with Gasteiger partial charge in [0.15, 0.2) is 0 Å². The molecule has 0 radical (unpaired) electrons. The summed E-state index contributed by atoms with van der Waals surface area (Å²) in [6.07, 6.45) is 37.6. The van der Waals surface area contributed by atoms with Crippen molar-refractivity contribution in [3.8, 4) is 0 Å². The van der Waals surface area contributed by atoms with Crippen LogP contribution in [0, 0.1) is 13.8 Å². The van der Waals surface area contributed by atoms with Crippen LogP contribution in [0.1, 0.15) is 262 Å². The minimum atomic E-state index is 0. The van der Waals surface area contributed by atoms with Gasteiger partial charge < -0.3 is 19.4 Å². The van der Waals surface area contributed by atoms with E-state index in [0.29, 0.717) is 0 Å². The first-order valence-electron chi connectivity index (χ1n) is 25.6. The summed E-state index contributed by atoms with van der Waals surface area (Å²) in [6.45, 7) is 25.3. The first kappa shape index (κ1) is 58.0. The zero-order valence-electron chi connectivity index (χ0n) is 41.0. The van der Waals surface area contributed by atoms with Crippen molar-refractivity contribution in [1.29, 1.82) is 0 Å². The second kappa shape index (κ2) is 38.7. The molecule has 1 aliphatic rings. The Kier molecular flexibility index (Phi) is 37.4. The average Bonchev–Trinajstić information content (AvgIpc) is 3.53. The van der Waals surface area contributed by atoms with Crippen molar-refractivity contribution < 1.29 is 21.2 Å². The number of aryl methyl sites for hydroxylation is 4. The van der Waals surface area contributed by atoms with Gasteiger partial charge in [0.25, 0.3) is 0 Å². The molecule has 0 aliphatic carbocycles. The van der Waals surface area contributed by atoms with Gasteiger partial charge in [-0.3, -0.25) is 0 Å². The summed E-state index contributed by atoms with van der Waals surface area (Å²) in [7, 11) is 0. The Balaban J connectivity index is 0.00000354. The summed E-state index contributed by atoms with van der Waals surface area (Å²) < 4.78 is 1.69. The SMILES string of the molecule is CCCCCCCCC1=C(c2cc(CCCC)cc(CCCC)c2)[N+](=[N-])C(c2cc(CCCCCC)cc(CCCCCC)c2)=C1CCCCC.[CH2-]CCC.[CH2-]CCC.[Ni+2]. The summed E-state index contributed by atoms with van der Waals surface area (Å²) >= 11 is 0. The molecule has 1 heterocycles. The first-order valence-corrected chi connectivity index (χ1v) is 25.6. The zero-order valence-corrected chi connectivity index (χ0v) is 42.0. The van der Waals surface area contributed by atoms with Crippen LogP contribution in [-0.4, -0.2) is 4.70 Å². The minimum Gasteiger partial charge on any atom is -0.493 e. The van der Waals surface area contributed by atoms with Crippen LogP contribution in [0.25, 0.3) is 16.9 Å². The van der Waals surface area contributed by atoms with Crippen molar-refractivity contribution >= 4 is 11.4 Å². The molecule has 0 atom stereocenters. The second-order valence-electron chi connectivity index (χ2n) is 17.6. The Morgan fingerprint density at radius 3 is 0.933 bits per heavy atom. The molecule has 0 unspecified atom stereocenters. The van der Waals surface area contributed by atoms with Gasteiger partial charge in [-0.25, -0.2) is 4.70 Å². The topological polar surface area (TPSA) is 25.3 Å². The number of rotatable bonds is 31. The van der Waals surface area contributed by atoms with Gasteiger partial charge in [-0.1, -0.05) is 177 Å². The third-order valence-corrected chi connectivity index (χ3v) is 11.8. The van der Waals surface area contributed by atoms with E-state index in [0.717, 1.165) is 62.8 Å². The quantitative estimate of drug-likeness (QED) is 0.0312. The molecular formula is C57H96N2Ni. The van der Waals surface area contributed by atoms with Crippen LogP contribution in [0.2, 0.25) is 0 Å². The van der Waals surface area contributed by atoms with E-state index in [1.54, 1.807) is 4.70 Å². The van der Waals surface area contributed by atoms with Crippen LogP contribution >= 0.6 is 0 Å². The van der Waals surface area contributed by atoms with E-state index in [2.05, 4.69) is 106 Å². The fraction of sp³-hybridized carbons (Fsp3) is 0.684. The van der Waals surface area contributed by atoms with Crippen molar-refractivity contribution in [2.24, 2.45) is 0 Å². The van der Waals surface area contributed by atoms with Crippen LogP contribution in [0.15, 0.2) is 47.5 Å². The first-order chi connectivity index (χ1) is 28.8. The van der Waals surface area contributed by atoms with Gasteiger partial charge in [-0.05, 0) is 124 Å². The standard InChI is InChI=1S/C49H78N2.2C4H9.Ni/c1-7-13-19-22-23-27-33-47-46(32-24-16-10-4)48(45-38-42(30-25-20-14-8-2)35-43(39-45)31-26-21-15-9-3)51(50)49(47)44-36-40(28-17-11-5)34-41(37-44)29-18-12-6;2*1-3-4-2;/h34-39H,7-33H2,1-6H3;2*1,3-4H2,2H3;/q;2*-1;+2. The normalized spacial score (nSPS) is 12.3. The Labute approximate surface area is 385 Å². The number of hydrogen-bond acceptors (Lipinski definition) is 0. The molecule has 1 aliphatic heterocycles. The second-order valence-corrected chi connectivity index (χ2v) is 17.6. The van der Waals surface area contributed by atoms with Crippen LogP contribution < -0.4 is 0 Å². The number of allylic oxidation sites excluding steroid dienone is 2. The van der Waals surface area contributed by atoms with Gasteiger partial charge >= 0.3 is 16.5 Å². The van der Waals surface area contributed by atoms with E-state index in [-0.39, 0.29) is 16.5 Å². The third kappa shape index (κ3) is 23.5. The van der Waals surface area contributed by atoms with Gasteiger partial charge in [0.05, 0.1) is 0 Å². The molecule has 2 aromatic carbocycles. The molecule has 0 bridgehead atoms. The molecule has 0 fully saturated rings. The Bertz CT molecular complexity index is 1370. The van der Waals surface area contributed by atoms with Gasteiger partial charge in [-0.15, -0.1) is 0 Å². The number of benzene rings is 2. The van der Waals surface area contributed by atoms with E-state index >= 15 is 0 Å². The summed E-state index contributed by atoms with van der Waals surface area (Å²) in [5.41, 5.74) is 25.9. The van der Waals surface area contributed by atoms with Crippen molar-refractivity contribution in [3.05, 3.63) is 100 Å². The molecule has 0 saturated carbocycles. The maximum absolute atomic E-state index is 12.7. The molecule has 3 rings (SSSR count). The Hall–Kier alpha value is -1.99. The van der Waals surface area contributed by atoms with Crippen molar-refractivity contribution in [2.75, 3.05) is 0 Å². The zero-order chi connectivity index (χ0) is 43.5. The molecule has 2 aromatic rings. The van der Waals surface area contributed by atoms with Crippen LogP contribution in [0.4, 0.5) is 0 Å². The molecule has 0 amide bonds. The van der Waals surface area contributed by atoms with Crippen LogP contribution in [-0.2, 0) is 42.2 Å². The molecule has 2 nitrogen and oxygen atoms in total. The maximum atomic E-state index is 12.7. The van der Waals surface area contributed by atoms with Crippen LogP contribution in [0.5, 0.6) is 0 Å². The minimum absolute atomic E-state index is 0. The molecule has 60 heavy (non-hydrogen) atoms. The molecule has 0 aromatic heterocycles. The van der Waals surface area contributed by atoms with Gasteiger partial charge in [0, 0.05) is 22.3 Å². The predicted molar refractivity (Wildman–Crippen MR) is 266 cm³/mol. The molecular weight excluding hydrogens is 771 g/mol. The smallest absolute Gasteiger partial charge is 0.493 e. The monoisotopic (exact) mass is 867 g/mol. The van der Waals surface area contributed by atoms with E-state index in [4.69, 9.17) is 0 Å². The van der Waals surface area contributed by atoms with Gasteiger partial charge in [-0.2, -0.15) is 12.8 Å². The summed E-state index contributed by atoms with van der Waals surface area (Å²) in [4.78, 5) is 0. The maximum Gasteiger partial charge on any atom is 2.00 e. The van der Waals surface area contributed by atoms with Crippen molar-refractivity contribution in [2.45, 2.75) is 254 Å². The summed E-state index contributed by atoms with van der Waals surface area (Å²) in [6, 6.07) is 14.7. The van der Waals surface area contributed by atoms with Gasteiger partial charge in [0.1, 0.15) is 0 Å². The predicted octanol–water partition coefficient (Wildman–Crippen LogP) is 19.4. The van der Waals surface area contributed by atoms with E-state index in [1.807, 2.05) is 0 Å². The largest absolute Gasteiger partial charge is 2.00 e. The number of hydrogen-bond donors (Lipinski definition) is 0. The molecule has 0 saturated heterocycles. The molecule has 3 heteroatoms. The molecule has 344 valence electrons. The fourth-order valence-corrected chi connectivity index (χ4v) is 8.07. The van der Waals surface area contributed by atoms with E-state index < -0.39 is 0 Å². The summed E-state index contributed by atoms with van der Waals surface area (Å²) in [5, 5.41) is 0. The van der Waals surface area contributed by atoms with E-state index in [9.17, 15) is 5.53 Å². The van der Waals surface area contributed by atoms with E-state index in [1.165, 1.54) is 192 Å². The summed E-state index contributed by atoms with van der Waals surface area (Å²) in [5.74, 6) is 0. The Morgan fingerprint density at radius 1 is 0.350 bits per heavy atom. The average molecular weight is 868 g/mol. The van der Waals surface area contributed by atoms with Crippen molar-refractivity contribution in [1.82, 2.24) is 0 Å². The number of unbranched alkanes of at least 4 members (excludes halogenated alkanes) is 17. The number of nitrogens with zero attached hydrogens (tertiary/aromatic N) is 2. The van der Waals surface area contributed by atoms with Crippen LogP contribution in [0.3, 0.4) is 0 Å². The Morgan fingerprint density at radius 2 is 0.600 bits per heavy atom. The fourth-order valence-electron chi connectivity index (χ4n) is 8.07. The third-order valence-electron chi connectivity index (χ3n) is 11.8. The van der Waals surface area contributed by atoms with Gasteiger partial charge in [0.2, 0.25) is 11.4 Å². The molecule has 0 N–H and O–H groups in total. The molecule has 0 spiro atoms. The van der Waals surface area contributed by atoms with Crippen molar-refractivity contribution in [3.63, 3.8) is 0 Å².